The summed E-state index contributed by atoms with van der Waals surface area (Å²) in [7, 11) is 0. The lowest BCUT2D eigenvalue weighted by Crippen LogP contribution is -1.82. The van der Waals surface area contributed by atoms with E-state index in [-0.39, 0.29) is 0 Å². The standard InChI is InChI=1S/C8H8ClF/c1-6-3-2-4-7(5-6)8(9)10/h2-5,8H,1H3. The summed E-state index contributed by atoms with van der Waals surface area (Å²) in [5.74, 6) is 0. The zero-order valence-corrected chi connectivity index (χ0v) is 6.40. The molecule has 54 valence electrons. The Morgan fingerprint density at radius 3 is 2.60 bits per heavy atom. The third kappa shape index (κ3) is 1.71. The summed E-state index contributed by atoms with van der Waals surface area (Å²) in [6, 6.07) is 7.10. The molecule has 0 radical (unpaired) electrons. The molecule has 0 spiro atoms. The highest BCUT2D eigenvalue weighted by molar-refractivity contribution is 6.19. The van der Waals surface area contributed by atoms with Gasteiger partial charge in [0.2, 0.25) is 0 Å². The molecule has 10 heavy (non-hydrogen) atoms. The average molecular weight is 159 g/mol. The molecule has 1 aromatic carbocycles. The van der Waals surface area contributed by atoms with Gasteiger partial charge in [-0.3, -0.25) is 0 Å². The average Bonchev–Trinajstić information content (AvgIpc) is 1.88. The minimum atomic E-state index is -1.38. The second-order valence-electron chi connectivity index (χ2n) is 2.21. The summed E-state index contributed by atoms with van der Waals surface area (Å²) >= 11 is 5.21. The molecule has 0 amide bonds. The quantitative estimate of drug-likeness (QED) is 0.551. The first-order chi connectivity index (χ1) is 4.70. The van der Waals surface area contributed by atoms with Crippen LogP contribution in [0.5, 0.6) is 0 Å². The normalized spacial score (nSPS) is 13.1. The van der Waals surface area contributed by atoms with Crippen LogP contribution in [0.4, 0.5) is 4.39 Å². The Balaban J connectivity index is 2.96. The van der Waals surface area contributed by atoms with Crippen LogP contribution in [-0.2, 0) is 0 Å². The van der Waals surface area contributed by atoms with Gasteiger partial charge in [-0.2, -0.15) is 0 Å². The van der Waals surface area contributed by atoms with Gasteiger partial charge in [0, 0.05) is 5.56 Å². The highest BCUT2D eigenvalue weighted by Gasteiger charge is 2.02. The lowest BCUT2D eigenvalue weighted by Gasteiger charge is -1.99. The minimum Gasteiger partial charge on any atom is -0.225 e. The lowest BCUT2D eigenvalue weighted by molar-refractivity contribution is 0.460. The number of hydrogen-bond acceptors (Lipinski definition) is 0. The molecule has 0 N–H and O–H groups in total. The van der Waals surface area contributed by atoms with Crippen molar-refractivity contribution in [3.8, 4) is 0 Å². The van der Waals surface area contributed by atoms with E-state index in [9.17, 15) is 4.39 Å². The second-order valence-corrected chi connectivity index (χ2v) is 2.60. The maximum atomic E-state index is 12.4. The van der Waals surface area contributed by atoms with Crippen LogP contribution in [0.15, 0.2) is 24.3 Å². The molecule has 0 fully saturated rings. The molecule has 0 aromatic heterocycles. The third-order valence-electron chi connectivity index (χ3n) is 1.29. The molecule has 2 heteroatoms. The smallest absolute Gasteiger partial charge is 0.198 e. The van der Waals surface area contributed by atoms with Crippen molar-refractivity contribution in [1.82, 2.24) is 0 Å². The van der Waals surface area contributed by atoms with Crippen molar-refractivity contribution >= 4 is 11.6 Å². The van der Waals surface area contributed by atoms with Crippen LogP contribution in [0.25, 0.3) is 0 Å². The zero-order chi connectivity index (χ0) is 7.56. The van der Waals surface area contributed by atoms with E-state index in [1.54, 1.807) is 18.2 Å². The largest absolute Gasteiger partial charge is 0.225 e. The van der Waals surface area contributed by atoms with E-state index in [0.717, 1.165) is 5.56 Å². The molecule has 0 saturated heterocycles. The molecule has 0 heterocycles. The van der Waals surface area contributed by atoms with Crippen molar-refractivity contribution in [2.24, 2.45) is 0 Å². The first-order valence-corrected chi connectivity index (χ1v) is 3.48. The van der Waals surface area contributed by atoms with Crippen molar-refractivity contribution in [2.75, 3.05) is 0 Å². The van der Waals surface area contributed by atoms with E-state index >= 15 is 0 Å². The summed E-state index contributed by atoms with van der Waals surface area (Å²) in [6.07, 6.45) is 0. The predicted molar refractivity (Wildman–Crippen MR) is 40.9 cm³/mol. The highest BCUT2D eigenvalue weighted by Crippen LogP contribution is 2.21. The SMILES string of the molecule is Cc1cccc(C(F)Cl)c1. The van der Waals surface area contributed by atoms with Crippen molar-refractivity contribution in [1.29, 1.82) is 0 Å². The van der Waals surface area contributed by atoms with Gasteiger partial charge in [0.25, 0.3) is 0 Å². The van der Waals surface area contributed by atoms with E-state index in [4.69, 9.17) is 11.6 Å². The molecule has 0 aliphatic rings. The van der Waals surface area contributed by atoms with Gasteiger partial charge in [-0.15, -0.1) is 0 Å². The van der Waals surface area contributed by atoms with Gasteiger partial charge in [0.05, 0.1) is 0 Å². The van der Waals surface area contributed by atoms with E-state index < -0.39 is 5.63 Å². The Bertz CT molecular complexity index is 220. The van der Waals surface area contributed by atoms with E-state index in [2.05, 4.69) is 0 Å². The van der Waals surface area contributed by atoms with E-state index in [1.807, 2.05) is 13.0 Å². The summed E-state index contributed by atoms with van der Waals surface area (Å²) in [5.41, 5.74) is 0.183. The van der Waals surface area contributed by atoms with Gasteiger partial charge in [0.15, 0.2) is 5.63 Å². The number of benzene rings is 1. The van der Waals surface area contributed by atoms with Crippen molar-refractivity contribution in [2.45, 2.75) is 12.6 Å². The fraction of sp³-hybridized carbons (Fsp3) is 0.250. The molecule has 1 unspecified atom stereocenters. The van der Waals surface area contributed by atoms with Crippen molar-refractivity contribution in [3.05, 3.63) is 35.4 Å². The van der Waals surface area contributed by atoms with Crippen LogP contribution in [0, 0.1) is 6.92 Å². The van der Waals surface area contributed by atoms with Crippen LogP contribution in [0.3, 0.4) is 0 Å². The molecule has 0 bridgehead atoms. The summed E-state index contributed by atoms with van der Waals surface area (Å²) in [6.45, 7) is 1.91. The van der Waals surface area contributed by atoms with Gasteiger partial charge >= 0.3 is 0 Å². The van der Waals surface area contributed by atoms with E-state index in [1.165, 1.54) is 0 Å². The van der Waals surface area contributed by atoms with Gasteiger partial charge in [-0.1, -0.05) is 41.4 Å². The summed E-state index contributed by atoms with van der Waals surface area (Å²) in [5, 5.41) is 0. The number of alkyl halides is 2. The van der Waals surface area contributed by atoms with Crippen LogP contribution in [0.1, 0.15) is 16.8 Å². The lowest BCUT2D eigenvalue weighted by atomic mass is 10.2. The Morgan fingerprint density at radius 2 is 2.20 bits per heavy atom. The zero-order valence-electron chi connectivity index (χ0n) is 5.64. The van der Waals surface area contributed by atoms with Crippen LogP contribution < -0.4 is 0 Å². The first-order valence-electron chi connectivity index (χ1n) is 3.05. The number of rotatable bonds is 1. The molecular weight excluding hydrogens is 151 g/mol. The van der Waals surface area contributed by atoms with Crippen LogP contribution in [0.2, 0.25) is 0 Å². The molecular formula is C8H8ClF. The molecule has 1 atom stereocenters. The third-order valence-corrected chi connectivity index (χ3v) is 1.55. The molecule has 1 rings (SSSR count). The summed E-state index contributed by atoms with van der Waals surface area (Å²) in [4.78, 5) is 0. The Hall–Kier alpha value is -0.560. The number of halogens is 2. The number of aryl methyl sites for hydroxylation is 1. The van der Waals surface area contributed by atoms with Gasteiger partial charge < -0.3 is 0 Å². The Morgan fingerprint density at radius 1 is 1.50 bits per heavy atom. The molecule has 1 aromatic rings. The van der Waals surface area contributed by atoms with Gasteiger partial charge in [-0.25, -0.2) is 4.39 Å². The topological polar surface area (TPSA) is 0 Å². The monoisotopic (exact) mass is 158 g/mol. The molecule has 0 nitrogen and oxygen atoms in total. The fourth-order valence-electron chi connectivity index (χ4n) is 0.806. The van der Waals surface area contributed by atoms with Crippen LogP contribution >= 0.6 is 11.6 Å². The summed E-state index contributed by atoms with van der Waals surface area (Å²) < 4.78 is 12.4. The van der Waals surface area contributed by atoms with E-state index in [0.29, 0.717) is 5.56 Å². The molecule has 0 aliphatic heterocycles. The van der Waals surface area contributed by atoms with Crippen LogP contribution in [-0.4, -0.2) is 0 Å². The van der Waals surface area contributed by atoms with Gasteiger partial charge in [0.1, 0.15) is 0 Å². The Labute approximate surface area is 64.6 Å². The van der Waals surface area contributed by atoms with Gasteiger partial charge in [-0.05, 0) is 6.92 Å². The minimum absolute atomic E-state index is 0.529. The Kier molecular flexibility index (Phi) is 2.28. The fourth-order valence-corrected chi connectivity index (χ4v) is 0.942. The van der Waals surface area contributed by atoms with Crippen molar-refractivity contribution in [3.63, 3.8) is 0 Å². The molecule has 0 aliphatic carbocycles. The second kappa shape index (κ2) is 3.02. The highest BCUT2D eigenvalue weighted by atomic mass is 35.5. The maximum Gasteiger partial charge on any atom is 0.198 e. The first kappa shape index (κ1) is 7.55. The molecule has 0 saturated carbocycles. The predicted octanol–water partition coefficient (Wildman–Crippen LogP) is 3.20. The maximum absolute atomic E-state index is 12.4. The number of hydrogen-bond donors (Lipinski definition) is 0. The van der Waals surface area contributed by atoms with Crippen molar-refractivity contribution < 1.29 is 4.39 Å².